The second-order valence-corrected chi connectivity index (χ2v) is 11.7. The molecule has 3 amide bonds. The van der Waals surface area contributed by atoms with Crippen LogP contribution in [0.5, 0.6) is 0 Å². The van der Waals surface area contributed by atoms with E-state index in [0.717, 1.165) is 11.1 Å². The predicted octanol–water partition coefficient (Wildman–Crippen LogP) is 3.94. The number of benzene rings is 2. The highest BCUT2D eigenvalue weighted by Crippen LogP contribution is 2.29. The van der Waals surface area contributed by atoms with E-state index >= 15 is 0 Å². The van der Waals surface area contributed by atoms with Gasteiger partial charge in [-0.1, -0.05) is 88.4 Å². The zero-order chi connectivity index (χ0) is 30.0. The van der Waals surface area contributed by atoms with Gasteiger partial charge in [-0.3, -0.25) is 14.4 Å². The molecule has 1 aliphatic rings. The van der Waals surface area contributed by atoms with Crippen LogP contribution in [0.3, 0.4) is 0 Å². The van der Waals surface area contributed by atoms with Gasteiger partial charge < -0.3 is 25.4 Å². The minimum Gasteiger partial charge on any atom is -0.445 e. The molecule has 2 aromatic carbocycles. The predicted molar refractivity (Wildman–Crippen MR) is 156 cm³/mol. The van der Waals surface area contributed by atoms with Gasteiger partial charge in [0, 0.05) is 0 Å². The molecule has 1 fully saturated rings. The quantitative estimate of drug-likeness (QED) is 0.281. The molecular formula is C32H43N3O6. The minimum absolute atomic E-state index is 0.0700. The Balaban J connectivity index is 1.70. The number of hydrogen-bond acceptors (Lipinski definition) is 6. The summed E-state index contributed by atoms with van der Waals surface area (Å²) in [5, 5.41) is 8.38. The number of ketones is 1. The van der Waals surface area contributed by atoms with Crippen molar-refractivity contribution in [2.45, 2.75) is 84.2 Å². The number of amides is 3. The van der Waals surface area contributed by atoms with Gasteiger partial charge in [-0.15, -0.1) is 0 Å². The van der Waals surface area contributed by atoms with Crippen LogP contribution in [0.1, 0.15) is 58.6 Å². The van der Waals surface area contributed by atoms with Crippen molar-refractivity contribution in [1.29, 1.82) is 0 Å². The Kier molecular flexibility index (Phi) is 11.5. The molecule has 9 nitrogen and oxygen atoms in total. The Morgan fingerprint density at radius 2 is 1.22 bits per heavy atom. The Morgan fingerprint density at radius 3 is 1.71 bits per heavy atom. The average molecular weight is 566 g/mol. The van der Waals surface area contributed by atoms with Crippen LogP contribution in [0.25, 0.3) is 0 Å². The molecule has 0 bridgehead atoms. The number of nitrogens with one attached hydrogen (secondary N) is 3. The van der Waals surface area contributed by atoms with Gasteiger partial charge in [0.1, 0.15) is 24.3 Å². The number of ether oxygens (including phenoxy) is 2. The highest BCUT2D eigenvalue weighted by molar-refractivity contribution is 5.98. The molecule has 0 radical (unpaired) electrons. The molecule has 0 spiro atoms. The number of alkyl carbamates (subject to hydrolysis) is 1. The molecule has 41 heavy (non-hydrogen) atoms. The van der Waals surface area contributed by atoms with Gasteiger partial charge in [-0.05, 0) is 49.1 Å². The molecule has 1 saturated heterocycles. The Morgan fingerprint density at radius 1 is 0.756 bits per heavy atom. The van der Waals surface area contributed by atoms with Crippen LogP contribution in [-0.4, -0.2) is 54.0 Å². The molecule has 4 atom stereocenters. The summed E-state index contributed by atoms with van der Waals surface area (Å²) in [6.07, 6.45) is 0.292. The molecule has 0 aliphatic carbocycles. The fraction of sp³-hybridized carbons (Fsp3) is 0.500. The second-order valence-electron chi connectivity index (χ2n) is 11.7. The first kappa shape index (κ1) is 31.8. The van der Waals surface area contributed by atoms with E-state index in [2.05, 4.69) is 16.0 Å². The summed E-state index contributed by atoms with van der Waals surface area (Å²) in [5.41, 5.74) is 0.803. The molecule has 0 saturated carbocycles. The van der Waals surface area contributed by atoms with Gasteiger partial charge in [0.2, 0.25) is 11.8 Å². The lowest BCUT2D eigenvalue weighted by atomic mass is 9.94. The summed E-state index contributed by atoms with van der Waals surface area (Å²) < 4.78 is 10.7. The fourth-order valence-corrected chi connectivity index (χ4v) is 4.54. The largest absolute Gasteiger partial charge is 0.445 e. The summed E-state index contributed by atoms with van der Waals surface area (Å²) in [5.74, 6) is -0.986. The highest BCUT2D eigenvalue weighted by atomic mass is 16.6. The number of carbonyl (C=O) groups excluding carboxylic acids is 4. The van der Waals surface area contributed by atoms with E-state index in [9.17, 15) is 19.2 Å². The molecule has 3 N–H and O–H groups in total. The van der Waals surface area contributed by atoms with Gasteiger partial charge in [0.15, 0.2) is 5.78 Å². The maximum Gasteiger partial charge on any atom is 0.408 e. The summed E-state index contributed by atoms with van der Waals surface area (Å²) in [7, 11) is 0. The number of rotatable bonds is 15. The van der Waals surface area contributed by atoms with Crippen molar-refractivity contribution in [3.63, 3.8) is 0 Å². The van der Waals surface area contributed by atoms with Crippen molar-refractivity contribution in [1.82, 2.24) is 16.0 Å². The number of hydrogen-bond donors (Lipinski definition) is 3. The summed E-state index contributed by atoms with van der Waals surface area (Å²) in [4.78, 5) is 52.8. The molecule has 2 aromatic rings. The first-order valence-electron chi connectivity index (χ1n) is 14.3. The second kappa shape index (κ2) is 14.8. The number of epoxide rings is 1. The first-order chi connectivity index (χ1) is 19.5. The van der Waals surface area contributed by atoms with Gasteiger partial charge in [-0.25, -0.2) is 4.79 Å². The lowest BCUT2D eigenvalue weighted by molar-refractivity contribution is -0.133. The van der Waals surface area contributed by atoms with Gasteiger partial charge >= 0.3 is 6.09 Å². The van der Waals surface area contributed by atoms with Crippen LogP contribution in [0.2, 0.25) is 0 Å². The van der Waals surface area contributed by atoms with Gasteiger partial charge in [-0.2, -0.15) is 0 Å². The smallest absolute Gasteiger partial charge is 0.408 e. The molecular weight excluding hydrogens is 522 g/mol. The van der Waals surface area contributed by atoms with Crippen molar-refractivity contribution in [2.75, 3.05) is 6.61 Å². The van der Waals surface area contributed by atoms with E-state index in [4.69, 9.17) is 9.47 Å². The lowest BCUT2D eigenvalue weighted by Gasteiger charge is -2.27. The normalized spacial score (nSPS) is 18.2. The van der Waals surface area contributed by atoms with Crippen LogP contribution in [0, 0.1) is 11.8 Å². The minimum atomic E-state index is -0.921. The summed E-state index contributed by atoms with van der Waals surface area (Å²) in [6.45, 7) is 9.87. The SMILES string of the molecule is CC(C)C[C@H](NC(=O)OCc1ccccc1)C(=O)N[C@@H](CC(C)C)C(=O)N[C@@H](Cc1ccccc1)C(=O)[C@]1(C)CO1. The fourth-order valence-electron chi connectivity index (χ4n) is 4.54. The zero-order valence-corrected chi connectivity index (χ0v) is 24.6. The number of carbonyl (C=O) groups is 4. The Labute approximate surface area is 242 Å². The lowest BCUT2D eigenvalue weighted by Crippen LogP contribution is -2.57. The molecule has 222 valence electrons. The van der Waals surface area contributed by atoms with Crippen LogP contribution >= 0.6 is 0 Å². The zero-order valence-electron chi connectivity index (χ0n) is 24.6. The van der Waals surface area contributed by atoms with Crippen LogP contribution in [0.4, 0.5) is 4.79 Å². The highest BCUT2D eigenvalue weighted by Gasteiger charge is 2.50. The third-order valence-electron chi connectivity index (χ3n) is 6.88. The third kappa shape index (κ3) is 10.3. The van der Waals surface area contributed by atoms with Crippen molar-refractivity contribution in [2.24, 2.45) is 11.8 Å². The summed E-state index contributed by atoms with van der Waals surface area (Å²) >= 11 is 0. The number of Topliss-reactive ketones (excluding diaryl/α,β-unsaturated/α-hetero) is 1. The van der Waals surface area contributed by atoms with Crippen LogP contribution in [-0.2, 0) is 36.9 Å². The standard InChI is InChI=1S/C32H43N3O6/c1-21(2)16-26(29(37)33-25(28(36)32(5)20-41-32)18-23-12-8-6-9-13-23)34-30(38)27(17-22(3)4)35-31(39)40-19-24-14-10-7-11-15-24/h6-15,21-22,25-27H,16-20H2,1-5H3,(H,33,37)(H,34,38)(H,35,39)/t25-,26-,27-,32-/m0/s1. The van der Waals surface area contributed by atoms with E-state index in [1.165, 1.54) is 0 Å². The van der Waals surface area contributed by atoms with Gasteiger partial charge in [0.05, 0.1) is 12.6 Å². The average Bonchev–Trinajstić information content (AvgIpc) is 3.69. The monoisotopic (exact) mass is 565 g/mol. The van der Waals surface area contributed by atoms with E-state index in [0.29, 0.717) is 25.9 Å². The Hall–Kier alpha value is -3.72. The van der Waals surface area contributed by atoms with Gasteiger partial charge in [0.25, 0.3) is 0 Å². The molecule has 1 heterocycles. The maximum atomic E-state index is 13.6. The molecule has 1 aliphatic heterocycles. The van der Waals surface area contributed by atoms with Crippen molar-refractivity contribution in [3.8, 4) is 0 Å². The van der Waals surface area contributed by atoms with E-state index in [-0.39, 0.29) is 24.2 Å². The third-order valence-corrected chi connectivity index (χ3v) is 6.88. The van der Waals surface area contributed by atoms with Crippen molar-refractivity contribution < 1.29 is 28.7 Å². The molecule has 0 unspecified atom stereocenters. The van der Waals surface area contributed by atoms with E-state index < -0.39 is 41.6 Å². The van der Waals surface area contributed by atoms with E-state index in [1.807, 2.05) is 88.4 Å². The topological polar surface area (TPSA) is 126 Å². The van der Waals surface area contributed by atoms with Crippen molar-refractivity contribution >= 4 is 23.7 Å². The van der Waals surface area contributed by atoms with Crippen LogP contribution in [0.15, 0.2) is 60.7 Å². The first-order valence-corrected chi connectivity index (χ1v) is 14.3. The maximum absolute atomic E-state index is 13.6. The summed E-state index contributed by atoms with van der Waals surface area (Å²) in [6, 6.07) is 16.1. The molecule has 0 aromatic heterocycles. The van der Waals surface area contributed by atoms with Crippen LogP contribution < -0.4 is 16.0 Å². The van der Waals surface area contributed by atoms with E-state index in [1.54, 1.807) is 6.92 Å². The molecule has 3 rings (SSSR count). The molecule has 9 heteroatoms. The van der Waals surface area contributed by atoms with Crippen molar-refractivity contribution in [3.05, 3.63) is 71.8 Å². The Bertz CT molecular complexity index is 1160.